The Balaban J connectivity index is 1.59. The van der Waals surface area contributed by atoms with Gasteiger partial charge in [0.2, 0.25) is 5.91 Å². The fourth-order valence-electron chi connectivity index (χ4n) is 6.24. The lowest BCUT2D eigenvalue weighted by Gasteiger charge is -2.36. The average molecular weight is 609 g/mol. The lowest BCUT2D eigenvalue weighted by Crippen LogP contribution is -2.47. The van der Waals surface area contributed by atoms with E-state index in [4.69, 9.17) is 9.47 Å². The number of aromatic nitrogens is 1. The number of carbonyl (C=O) groups is 2. The third-order valence-electron chi connectivity index (χ3n) is 8.99. The SMILES string of the molecule is C[C@@H]1CCCCO[C@@H](CN(C)Cc2ccncc2)[C@@H](C)CN([C@H](C)CO)C(=O)c2cc(NC(=O)C3CCCCC3)ccc2O1. The highest BCUT2D eigenvalue weighted by Gasteiger charge is 2.31. The maximum Gasteiger partial charge on any atom is 0.258 e. The van der Waals surface area contributed by atoms with E-state index in [9.17, 15) is 14.7 Å². The Hall–Kier alpha value is -3.01. The van der Waals surface area contributed by atoms with Crippen LogP contribution >= 0.6 is 0 Å². The number of benzene rings is 1. The van der Waals surface area contributed by atoms with Gasteiger partial charge in [0.05, 0.1) is 30.4 Å². The number of amides is 2. The summed E-state index contributed by atoms with van der Waals surface area (Å²) in [5.74, 6) is 0.286. The second-order valence-corrected chi connectivity index (χ2v) is 12.9. The Morgan fingerprint density at radius 3 is 2.55 bits per heavy atom. The molecule has 1 saturated carbocycles. The first-order valence-electron chi connectivity index (χ1n) is 16.5. The highest BCUT2D eigenvalue weighted by molar-refractivity contribution is 6.00. The van der Waals surface area contributed by atoms with Crippen LogP contribution in [0.25, 0.3) is 0 Å². The molecule has 4 rings (SSSR count). The summed E-state index contributed by atoms with van der Waals surface area (Å²) in [6.45, 7) is 8.33. The first kappa shape index (κ1) is 33.9. The molecule has 0 spiro atoms. The van der Waals surface area contributed by atoms with Gasteiger partial charge in [-0.25, -0.2) is 0 Å². The number of hydrogen-bond acceptors (Lipinski definition) is 7. The molecule has 9 heteroatoms. The van der Waals surface area contributed by atoms with Gasteiger partial charge in [0.1, 0.15) is 5.75 Å². The molecular weight excluding hydrogens is 556 g/mol. The van der Waals surface area contributed by atoms with Crippen molar-refractivity contribution in [3.05, 3.63) is 53.9 Å². The number of nitrogens with one attached hydrogen (secondary N) is 1. The number of ether oxygens (including phenoxy) is 2. The lowest BCUT2D eigenvalue weighted by molar-refractivity contribution is -0.120. The molecule has 2 N–H and O–H groups in total. The Morgan fingerprint density at radius 2 is 1.82 bits per heavy atom. The molecule has 9 nitrogen and oxygen atoms in total. The maximum atomic E-state index is 14.3. The molecule has 0 saturated heterocycles. The van der Waals surface area contributed by atoms with Crippen LogP contribution in [0.2, 0.25) is 0 Å². The van der Waals surface area contributed by atoms with Gasteiger partial charge in [-0.2, -0.15) is 0 Å². The number of carbonyl (C=O) groups excluding carboxylic acids is 2. The van der Waals surface area contributed by atoms with Crippen molar-refractivity contribution in [1.82, 2.24) is 14.8 Å². The summed E-state index contributed by atoms with van der Waals surface area (Å²) >= 11 is 0. The zero-order valence-electron chi connectivity index (χ0n) is 27.0. The van der Waals surface area contributed by atoms with E-state index < -0.39 is 6.04 Å². The second kappa shape index (κ2) is 16.9. The zero-order valence-corrected chi connectivity index (χ0v) is 27.0. The zero-order chi connectivity index (χ0) is 31.5. The number of fused-ring (bicyclic) bond motifs is 1. The molecule has 0 unspecified atom stereocenters. The van der Waals surface area contributed by atoms with E-state index in [1.807, 2.05) is 32.0 Å². The number of anilines is 1. The molecule has 44 heavy (non-hydrogen) atoms. The molecule has 4 atom stereocenters. The predicted molar refractivity (Wildman–Crippen MR) is 173 cm³/mol. The van der Waals surface area contributed by atoms with Crippen molar-refractivity contribution in [1.29, 1.82) is 0 Å². The summed E-state index contributed by atoms with van der Waals surface area (Å²) in [6.07, 6.45) is 11.2. The molecule has 242 valence electrons. The van der Waals surface area contributed by atoms with Crippen molar-refractivity contribution in [3.63, 3.8) is 0 Å². The summed E-state index contributed by atoms with van der Waals surface area (Å²) in [5.41, 5.74) is 2.17. The first-order valence-corrected chi connectivity index (χ1v) is 16.5. The van der Waals surface area contributed by atoms with Crippen LogP contribution in [0.3, 0.4) is 0 Å². The minimum atomic E-state index is -0.418. The smallest absolute Gasteiger partial charge is 0.258 e. The van der Waals surface area contributed by atoms with Gasteiger partial charge < -0.3 is 24.8 Å². The third kappa shape index (κ3) is 9.74. The van der Waals surface area contributed by atoms with Crippen LogP contribution in [0.1, 0.15) is 88.1 Å². The molecule has 1 aliphatic heterocycles. The number of pyridine rings is 1. The topological polar surface area (TPSA) is 104 Å². The monoisotopic (exact) mass is 608 g/mol. The van der Waals surface area contributed by atoms with Crippen LogP contribution in [0.4, 0.5) is 5.69 Å². The van der Waals surface area contributed by atoms with Gasteiger partial charge in [0, 0.05) is 56.2 Å². The molecule has 1 fully saturated rings. The van der Waals surface area contributed by atoms with E-state index in [2.05, 4.69) is 29.2 Å². The van der Waals surface area contributed by atoms with Crippen molar-refractivity contribution in [2.45, 2.75) is 96.9 Å². The number of rotatable bonds is 8. The van der Waals surface area contributed by atoms with Gasteiger partial charge >= 0.3 is 0 Å². The second-order valence-electron chi connectivity index (χ2n) is 12.9. The van der Waals surface area contributed by atoms with Crippen molar-refractivity contribution in [3.8, 4) is 5.75 Å². The number of likely N-dealkylation sites (N-methyl/N-ethyl adjacent to an activating group) is 1. The van der Waals surface area contributed by atoms with Crippen LogP contribution in [0.5, 0.6) is 5.75 Å². The quantitative estimate of drug-likeness (QED) is 0.406. The van der Waals surface area contributed by atoms with Crippen LogP contribution in [0, 0.1) is 11.8 Å². The number of aliphatic hydroxyl groups excluding tert-OH is 1. The minimum absolute atomic E-state index is 0.00442. The van der Waals surface area contributed by atoms with Crippen LogP contribution in [-0.2, 0) is 16.1 Å². The highest BCUT2D eigenvalue weighted by atomic mass is 16.5. The van der Waals surface area contributed by atoms with Crippen LogP contribution in [-0.4, -0.2) is 83.3 Å². The van der Waals surface area contributed by atoms with Crippen LogP contribution in [0.15, 0.2) is 42.7 Å². The maximum absolute atomic E-state index is 14.3. The average Bonchev–Trinajstić information content (AvgIpc) is 3.03. The third-order valence-corrected chi connectivity index (χ3v) is 8.99. The van der Waals surface area contributed by atoms with E-state index >= 15 is 0 Å². The Bertz CT molecular complexity index is 1190. The molecule has 0 radical (unpaired) electrons. The van der Waals surface area contributed by atoms with Gasteiger partial charge in [-0.15, -0.1) is 0 Å². The van der Waals surface area contributed by atoms with Crippen LogP contribution < -0.4 is 10.1 Å². The molecular formula is C35H52N4O5. The Morgan fingerprint density at radius 1 is 1.09 bits per heavy atom. The predicted octanol–water partition coefficient (Wildman–Crippen LogP) is 5.53. The van der Waals surface area contributed by atoms with E-state index in [1.54, 1.807) is 29.4 Å². The molecule has 2 amide bonds. The molecule has 1 aromatic carbocycles. The van der Waals surface area contributed by atoms with Gasteiger partial charge in [-0.3, -0.25) is 19.5 Å². The summed E-state index contributed by atoms with van der Waals surface area (Å²) in [4.78, 5) is 35.5. The minimum Gasteiger partial charge on any atom is -0.490 e. The van der Waals surface area contributed by atoms with Crippen molar-refractivity contribution in [2.75, 3.05) is 38.7 Å². The molecule has 2 aromatic rings. The molecule has 1 aromatic heterocycles. The van der Waals surface area contributed by atoms with Gasteiger partial charge in [0.15, 0.2) is 0 Å². The standard InChI is InChI=1S/C35H52N4O5/c1-25-21-39(26(2)24-40)35(42)31-20-30(37-34(41)29-11-6-5-7-12-29)13-14-32(31)44-27(3)10-8-9-19-43-33(25)23-38(4)22-28-15-17-36-18-16-28/h13-18,20,25-27,29,33,40H,5-12,19,21-24H2,1-4H3,(H,37,41)/t25-,26+,27+,33-/m0/s1. The molecule has 1 aliphatic carbocycles. The summed E-state index contributed by atoms with van der Waals surface area (Å²) in [7, 11) is 2.08. The van der Waals surface area contributed by atoms with Gasteiger partial charge in [-0.1, -0.05) is 26.2 Å². The fraction of sp³-hybridized carbons (Fsp3) is 0.629. The summed E-state index contributed by atoms with van der Waals surface area (Å²) in [6, 6.07) is 8.99. The lowest BCUT2D eigenvalue weighted by atomic mass is 9.88. The van der Waals surface area contributed by atoms with Crippen molar-refractivity contribution >= 4 is 17.5 Å². The Kier molecular flexibility index (Phi) is 13.0. The fourth-order valence-corrected chi connectivity index (χ4v) is 6.24. The number of hydrogen-bond donors (Lipinski definition) is 2. The molecule has 0 bridgehead atoms. The Labute approximate surface area is 263 Å². The number of aliphatic hydroxyl groups is 1. The van der Waals surface area contributed by atoms with Gasteiger partial charge in [0.25, 0.3) is 5.91 Å². The number of nitrogens with zero attached hydrogens (tertiary/aromatic N) is 3. The van der Waals surface area contributed by atoms with E-state index in [-0.39, 0.29) is 42.5 Å². The first-order chi connectivity index (χ1) is 21.2. The summed E-state index contributed by atoms with van der Waals surface area (Å²) < 4.78 is 12.8. The highest BCUT2D eigenvalue weighted by Crippen LogP contribution is 2.30. The van der Waals surface area contributed by atoms with Gasteiger partial charge in [-0.05, 0) is 88.9 Å². The molecule has 2 heterocycles. The van der Waals surface area contributed by atoms with E-state index in [0.717, 1.165) is 51.5 Å². The summed E-state index contributed by atoms with van der Waals surface area (Å²) in [5, 5.41) is 13.3. The van der Waals surface area contributed by atoms with Crippen molar-refractivity contribution in [2.24, 2.45) is 11.8 Å². The van der Waals surface area contributed by atoms with Crippen molar-refractivity contribution < 1.29 is 24.2 Å². The van der Waals surface area contributed by atoms with E-state index in [0.29, 0.717) is 36.7 Å². The molecule has 2 aliphatic rings. The van der Waals surface area contributed by atoms with E-state index in [1.165, 1.54) is 12.0 Å². The largest absolute Gasteiger partial charge is 0.490 e. The normalized spacial score (nSPS) is 23.4.